The van der Waals surface area contributed by atoms with Crippen molar-refractivity contribution >= 4 is 35.3 Å². The first-order valence-electron chi connectivity index (χ1n) is 15.5. The summed E-state index contributed by atoms with van der Waals surface area (Å²) in [7, 11) is 0. The average molecular weight is 591 g/mol. The minimum atomic E-state index is -1.82. The summed E-state index contributed by atoms with van der Waals surface area (Å²) >= 11 is 0. The highest BCUT2D eigenvalue weighted by molar-refractivity contribution is 5.93. The maximum Gasteiger partial charge on any atom is 0.227 e. The highest BCUT2D eigenvalue weighted by Crippen LogP contribution is 2.35. The second-order valence-corrected chi connectivity index (χ2v) is 12.6. The van der Waals surface area contributed by atoms with Gasteiger partial charge in [-0.1, -0.05) is 38.1 Å². The van der Waals surface area contributed by atoms with E-state index in [-0.39, 0.29) is 23.7 Å². The zero-order valence-electron chi connectivity index (χ0n) is 25.3. The molecule has 0 radical (unpaired) electrons. The molecule has 6 N–H and O–H groups in total. The van der Waals surface area contributed by atoms with Crippen LogP contribution in [0.1, 0.15) is 76.3 Å². The van der Waals surface area contributed by atoms with Crippen LogP contribution in [0.2, 0.25) is 0 Å². The Kier molecular flexibility index (Phi) is 11.0. The van der Waals surface area contributed by atoms with Gasteiger partial charge in [0.25, 0.3) is 0 Å². The normalized spacial score (nSPS) is 23.4. The molecule has 2 aliphatic carbocycles. The predicted molar refractivity (Wildman–Crippen MR) is 170 cm³/mol. The van der Waals surface area contributed by atoms with E-state index >= 15 is 0 Å². The second-order valence-electron chi connectivity index (χ2n) is 12.6. The number of carbonyl (C=O) groups excluding carboxylic acids is 2. The van der Waals surface area contributed by atoms with E-state index in [1.54, 1.807) is 48.5 Å². The first kappa shape index (κ1) is 32.3. The summed E-state index contributed by atoms with van der Waals surface area (Å²) in [6.07, 6.45) is 10.5. The van der Waals surface area contributed by atoms with Crippen LogP contribution >= 0.6 is 0 Å². The van der Waals surface area contributed by atoms with E-state index in [0.717, 1.165) is 51.4 Å². The van der Waals surface area contributed by atoms with Crippen LogP contribution in [0.3, 0.4) is 0 Å². The van der Waals surface area contributed by atoms with Crippen molar-refractivity contribution in [3.05, 3.63) is 71.2 Å². The quantitative estimate of drug-likeness (QED) is 0.171. The molecule has 2 aromatic rings. The van der Waals surface area contributed by atoms with Gasteiger partial charge in [0.15, 0.2) is 0 Å². The van der Waals surface area contributed by atoms with Crippen molar-refractivity contribution in [2.75, 3.05) is 23.8 Å². The molecule has 43 heavy (non-hydrogen) atoms. The highest BCUT2D eigenvalue weighted by Gasteiger charge is 2.38. The Morgan fingerprint density at radius 1 is 0.651 bits per heavy atom. The van der Waals surface area contributed by atoms with Crippen LogP contribution in [0.15, 0.2) is 60.0 Å². The summed E-state index contributed by atoms with van der Waals surface area (Å²) in [6, 6.07) is 13.7. The van der Waals surface area contributed by atoms with Crippen LogP contribution in [0.5, 0.6) is 0 Å². The molecule has 0 aliphatic heterocycles. The standard InChI is InChI=1S/C35H46N2O6/c1-23-3-11-27(12-4-23)33(42)36-29-15-7-25(8-16-29)19-31(40)35(21-38,22-39)32(41)20-26-9-17-30(18-10-26)37-34(43)28-13-5-24(2)6-14-28/h7-10,15-20,23-24,27-28,38-41H,3-6,11-14,21-22H2,1-2H3,(H,36,42)(H,37,43). The fourth-order valence-electron chi connectivity index (χ4n) is 5.96. The summed E-state index contributed by atoms with van der Waals surface area (Å²) in [5.74, 6) is 0.571. The van der Waals surface area contributed by atoms with E-state index in [4.69, 9.17) is 0 Å². The monoisotopic (exact) mass is 590 g/mol. The third kappa shape index (κ3) is 8.27. The van der Waals surface area contributed by atoms with Gasteiger partial charge in [0.2, 0.25) is 11.8 Å². The van der Waals surface area contributed by atoms with Gasteiger partial charge in [-0.25, -0.2) is 0 Å². The third-order valence-electron chi connectivity index (χ3n) is 9.26. The molecule has 232 valence electrons. The van der Waals surface area contributed by atoms with Crippen molar-refractivity contribution in [2.24, 2.45) is 29.1 Å². The molecule has 0 aromatic heterocycles. The number of carbonyl (C=O) groups is 2. The van der Waals surface area contributed by atoms with E-state index in [1.807, 2.05) is 0 Å². The highest BCUT2D eigenvalue weighted by atomic mass is 16.3. The number of benzene rings is 2. The smallest absolute Gasteiger partial charge is 0.227 e. The Balaban J connectivity index is 1.41. The molecule has 0 unspecified atom stereocenters. The minimum absolute atomic E-state index is 0.0157. The number of amides is 2. The van der Waals surface area contributed by atoms with Crippen LogP contribution in [-0.2, 0) is 9.59 Å². The van der Waals surface area contributed by atoms with Gasteiger partial charge >= 0.3 is 0 Å². The van der Waals surface area contributed by atoms with E-state index in [0.29, 0.717) is 34.3 Å². The maximum absolute atomic E-state index is 12.6. The maximum atomic E-state index is 12.6. The van der Waals surface area contributed by atoms with Gasteiger partial charge in [-0.2, -0.15) is 0 Å². The van der Waals surface area contributed by atoms with Crippen molar-refractivity contribution in [3.8, 4) is 0 Å². The molecule has 0 atom stereocenters. The summed E-state index contributed by atoms with van der Waals surface area (Å²) in [5.41, 5.74) is 0.594. The number of hydrogen-bond acceptors (Lipinski definition) is 6. The minimum Gasteiger partial charge on any atom is -0.511 e. The Labute approximate surface area is 254 Å². The SMILES string of the molecule is CC1CCC(C(=O)Nc2ccc(C=C(O)C(CO)(CO)C(O)=Cc3ccc(NC(=O)C4CCC(C)CC4)cc3)cc2)CC1. The van der Waals surface area contributed by atoms with Crippen molar-refractivity contribution in [2.45, 2.75) is 65.2 Å². The van der Waals surface area contributed by atoms with Crippen LogP contribution in [0.4, 0.5) is 11.4 Å². The van der Waals surface area contributed by atoms with E-state index in [2.05, 4.69) is 24.5 Å². The Hall–Kier alpha value is -3.62. The summed E-state index contributed by atoms with van der Waals surface area (Å²) in [4.78, 5) is 25.3. The number of nitrogens with one attached hydrogen (secondary N) is 2. The molecule has 2 aliphatic rings. The van der Waals surface area contributed by atoms with Crippen LogP contribution in [0.25, 0.3) is 12.2 Å². The zero-order chi connectivity index (χ0) is 31.0. The fourth-order valence-corrected chi connectivity index (χ4v) is 5.96. The van der Waals surface area contributed by atoms with Gasteiger partial charge in [0.1, 0.15) is 16.9 Å². The number of aliphatic hydroxyl groups excluding tert-OH is 4. The average Bonchev–Trinajstić information content (AvgIpc) is 3.00. The molecule has 0 saturated heterocycles. The lowest BCUT2D eigenvalue weighted by molar-refractivity contribution is -0.121. The molecule has 2 aromatic carbocycles. The number of aliphatic hydroxyl groups is 4. The zero-order valence-corrected chi connectivity index (χ0v) is 25.3. The predicted octanol–water partition coefficient (Wildman–Crippen LogP) is 6.69. The molecular formula is C35H46N2O6. The lowest BCUT2D eigenvalue weighted by Crippen LogP contribution is -2.34. The van der Waals surface area contributed by atoms with Gasteiger partial charge in [0, 0.05) is 23.2 Å². The van der Waals surface area contributed by atoms with Gasteiger partial charge in [-0.05, 0) is 111 Å². The summed E-state index contributed by atoms with van der Waals surface area (Å²) in [5, 5.41) is 48.2. The lowest BCUT2D eigenvalue weighted by Gasteiger charge is -2.28. The van der Waals surface area contributed by atoms with Gasteiger partial charge in [-0.3, -0.25) is 9.59 Å². The first-order chi connectivity index (χ1) is 20.6. The topological polar surface area (TPSA) is 139 Å². The van der Waals surface area contributed by atoms with Crippen molar-refractivity contribution in [1.82, 2.24) is 0 Å². The van der Waals surface area contributed by atoms with Crippen molar-refractivity contribution < 1.29 is 30.0 Å². The van der Waals surface area contributed by atoms with Crippen LogP contribution in [0, 0.1) is 29.1 Å². The van der Waals surface area contributed by atoms with E-state index in [9.17, 15) is 30.0 Å². The molecule has 0 spiro atoms. The molecule has 2 amide bonds. The van der Waals surface area contributed by atoms with E-state index < -0.39 is 30.1 Å². The van der Waals surface area contributed by atoms with Crippen molar-refractivity contribution in [1.29, 1.82) is 0 Å². The summed E-state index contributed by atoms with van der Waals surface area (Å²) < 4.78 is 0. The molecule has 8 nitrogen and oxygen atoms in total. The second kappa shape index (κ2) is 14.7. The third-order valence-corrected chi connectivity index (χ3v) is 9.26. The van der Waals surface area contributed by atoms with Crippen LogP contribution in [-0.4, -0.2) is 45.5 Å². The molecule has 2 saturated carbocycles. The Morgan fingerprint density at radius 2 is 0.977 bits per heavy atom. The lowest BCUT2D eigenvalue weighted by atomic mass is 9.82. The first-order valence-corrected chi connectivity index (χ1v) is 15.5. The van der Waals surface area contributed by atoms with E-state index in [1.165, 1.54) is 12.2 Å². The largest absolute Gasteiger partial charge is 0.511 e. The van der Waals surface area contributed by atoms with Gasteiger partial charge in [-0.15, -0.1) is 0 Å². The number of hydrogen-bond donors (Lipinski definition) is 6. The molecule has 0 heterocycles. The molecular weight excluding hydrogens is 544 g/mol. The molecule has 0 bridgehead atoms. The molecule has 2 fully saturated rings. The van der Waals surface area contributed by atoms with Gasteiger partial charge in [0.05, 0.1) is 13.2 Å². The van der Waals surface area contributed by atoms with Crippen LogP contribution < -0.4 is 10.6 Å². The molecule has 8 heteroatoms. The fraction of sp³-hybridized carbons (Fsp3) is 0.486. The number of rotatable bonds is 10. The van der Waals surface area contributed by atoms with Gasteiger partial charge < -0.3 is 31.1 Å². The Bertz CT molecular complexity index is 1180. The van der Waals surface area contributed by atoms with Crippen molar-refractivity contribution in [3.63, 3.8) is 0 Å². The number of anilines is 2. The molecule has 4 rings (SSSR count). The summed E-state index contributed by atoms with van der Waals surface area (Å²) in [6.45, 7) is 2.95. The Morgan fingerprint density at radius 3 is 1.28 bits per heavy atom.